The molecule has 0 aliphatic carbocycles. The van der Waals surface area contributed by atoms with Crippen LogP contribution in [-0.2, 0) is 11.3 Å². The molecular weight excluding hydrogens is 292 g/mol. The van der Waals surface area contributed by atoms with Crippen LogP contribution in [0.3, 0.4) is 0 Å². The Morgan fingerprint density at radius 2 is 2.18 bits per heavy atom. The average Bonchev–Trinajstić information content (AvgIpc) is 2.26. The van der Waals surface area contributed by atoms with Gasteiger partial charge in [0.1, 0.15) is 6.54 Å². The highest BCUT2D eigenvalue weighted by atomic mass is 79.9. The highest BCUT2D eigenvalue weighted by Gasteiger charge is 2.06. The minimum absolute atomic E-state index is 0.127. The molecule has 1 rings (SSSR count). The second kappa shape index (κ2) is 6.36. The maximum absolute atomic E-state index is 11.4. The van der Waals surface area contributed by atoms with Crippen LogP contribution in [0.4, 0.5) is 0 Å². The number of hydrogen-bond acceptors (Lipinski definition) is 4. The first-order valence-corrected chi connectivity index (χ1v) is 5.74. The quantitative estimate of drug-likeness (QED) is 0.585. The Hall–Kier alpha value is -1.41. The molecule has 8 heteroatoms. The van der Waals surface area contributed by atoms with E-state index >= 15 is 0 Å². The van der Waals surface area contributed by atoms with Crippen molar-refractivity contribution in [1.82, 2.24) is 20.2 Å². The average molecular weight is 305 g/mol. The van der Waals surface area contributed by atoms with Crippen molar-refractivity contribution >= 4 is 21.8 Å². The molecule has 0 unspecified atom stereocenters. The molecule has 1 aromatic heterocycles. The largest absolute Gasteiger partial charge is 0.353 e. The van der Waals surface area contributed by atoms with Gasteiger partial charge in [0, 0.05) is 19.3 Å². The van der Waals surface area contributed by atoms with Crippen LogP contribution in [0, 0.1) is 0 Å². The van der Waals surface area contributed by atoms with Crippen molar-refractivity contribution in [3.63, 3.8) is 0 Å². The number of rotatable bonds is 5. The second-order valence-corrected chi connectivity index (χ2v) is 4.17. The predicted molar refractivity (Wildman–Crippen MR) is 66.0 cm³/mol. The first-order valence-electron chi connectivity index (χ1n) is 4.95. The zero-order valence-corrected chi connectivity index (χ0v) is 10.8. The van der Waals surface area contributed by atoms with Crippen LogP contribution in [0.1, 0.15) is 0 Å². The molecule has 0 bridgehead atoms. The van der Waals surface area contributed by atoms with Crippen molar-refractivity contribution in [2.75, 3.05) is 20.1 Å². The van der Waals surface area contributed by atoms with Crippen LogP contribution in [0.5, 0.6) is 0 Å². The van der Waals surface area contributed by atoms with Crippen LogP contribution < -0.4 is 21.9 Å². The zero-order valence-electron chi connectivity index (χ0n) is 9.25. The Bertz CT molecular complexity index is 508. The SMILES string of the molecule is CNCCNC(=O)Cn1cc(Br)c(=O)[nH]c1=O. The number of amides is 1. The summed E-state index contributed by atoms with van der Waals surface area (Å²) < 4.78 is 1.33. The molecule has 3 N–H and O–H groups in total. The summed E-state index contributed by atoms with van der Waals surface area (Å²) in [4.78, 5) is 35.9. The molecule has 0 spiro atoms. The molecule has 1 aromatic rings. The third kappa shape index (κ3) is 4.16. The van der Waals surface area contributed by atoms with E-state index in [4.69, 9.17) is 0 Å². The molecule has 0 aliphatic rings. The molecule has 1 heterocycles. The highest BCUT2D eigenvalue weighted by molar-refractivity contribution is 9.10. The van der Waals surface area contributed by atoms with Crippen LogP contribution in [0.2, 0.25) is 0 Å². The number of nitrogens with one attached hydrogen (secondary N) is 3. The van der Waals surface area contributed by atoms with Crippen molar-refractivity contribution in [3.05, 3.63) is 31.5 Å². The number of carbonyl (C=O) groups is 1. The number of nitrogens with zero attached hydrogens (tertiary/aromatic N) is 1. The molecule has 0 atom stereocenters. The van der Waals surface area contributed by atoms with Crippen LogP contribution in [-0.4, -0.2) is 35.6 Å². The number of carbonyl (C=O) groups excluding carboxylic acids is 1. The van der Waals surface area contributed by atoms with Crippen molar-refractivity contribution in [2.45, 2.75) is 6.54 Å². The molecule has 1 amide bonds. The summed E-state index contributed by atoms with van der Waals surface area (Å²) in [6, 6.07) is 0. The predicted octanol–water partition coefficient (Wildman–Crippen LogP) is -1.37. The van der Waals surface area contributed by atoms with Crippen molar-refractivity contribution in [1.29, 1.82) is 0 Å². The summed E-state index contributed by atoms with van der Waals surface area (Å²) >= 11 is 2.99. The van der Waals surface area contributed by atoms with Crippen molar-refractivity contribution < 1.29 is 4.79 Å². The lowest BCUT2D eigenvalue weighted by Crippen LogP contribution is -2.37. The fourth-order valence-electron chi connectivity index (χ4n) is 1.14. The summed E-state index contributed by atoms with van der Waals surface area (Å²) in [5.41, 5.74) is -1.12. The number of H-pyrrole nitrogens is 1. The van der Waals surface area contributed by atoms with E-state index in [0.29, 0.717) is 13.1 Å². The van der Waals surface area contributed by atoms with Gasteiger partial charge in [-0.05, 0) is 23.0 Å². The fourth-order valence-corrected chi connectivity index (χ4v) is 1.48. The van der Waals surface area contributed by atoms with Gasteiger partial charge in [0.05, 0.1) is 4.47 Å². The number of aromatic nitrogens is 2. The van der Waals surface area contributed by atoms with E-state index < -0.39 is 11.2 Å². The number of likely N-dealkylation sites (N-methyl/N-ethyl adjacent to an activating group) is 1. The summed E-state index contributed by atoms with van der Waals surface area (Å²) in [5, 5.41) is 5.50. The lowest BCUT2D eigenvalue weighted by molar-refractivity contribution is -0.121. The van der Waals surface area contributed by atoms with Crippen molar-refractivity contribution in [2.24, 2.45) is 0 Å². The molecule has 0 saturated carbocycles. The Labute approximate surface area is 105 Å². The van der Waals surface area contributed by atoms with Gasteiger partial charge >= 0.3 is 5.69 Å². The zero-order chi connectivity index (χ0) is 12.8. The molecule has 0 saturated heterocycles. The molecule has 0 fully saturated rings. The minimum atomic E-state index is -0.609. The van der Waals surface area contributed by atoms with Crippen LogP contribution in [0.25, 0.3) is 0 Å². The van der Waals surface area contributed by atoms with E-state index in [-0.39, 0.29) is 16.9 Å². The molecule has 0 aliphatic heterocycles. The minimum Gasteiger partial charge on any atom is -0.353 e. The van der Waals surface area contributed by atoms with Gasteiger partial charge in [-0.2, -0.15) is 0 Å². The first-order chi connectivity index (χ1) is 8.04. The summed E-state index contributed by atoms with van der Waals surface area (Å²) in [7, 11) is 1.77. The third-order valence-electron chi connectivity index (χ3n) is 1.98. The lowest BCUT2D eigenvalue weighted by Gasteiger charge is -2.06. The number of aromatic amines is 1. The Morgan fingerprint density at radius 1 is 1.47 bits per heavy atom. The van der Waals surface area contributed by atoms with E-state index in [0.717, 1.165) is 4.57 Å². The smallest absolute Gasteiger partial charge is 0.328 e. The summed E-state index contributed by atoms with van der Waals surface area (Å²) in [6.07, 6.45) is 1.29. The van der Waals surface area contributed by atoms with E-state index in [1.165, 1.54) is 6.20 Å². The van der Waals surface area contributed by atoms with Crippen molar-refractivity contribution in [3.8, 4) is 0 Å². The highest BCUT2D eigenvalue weighted by Crippen LogP contribution is 1.97. The van der Waals surface area contributed by atoms with Gasteiger partial charge in [-0.3, -0.25) is 19.1 Å². The topological polar surface area (TPSA) is 96.0 Å². The number of halogens is 1. The lowest BCUT2D eigenvalue weighted by atomic mass is 10.5. The normalized spacial score (nSPS) is 10.2. The monoisotopic (exact) mass is 304 g/mol. The van der Waals surface area contributed by atoms with Gasteiger partial charge in [-0.15, -0.1) is 0 Å². The molecule has 7 nitrogen and oxygen atoms in total. The van der Waals surface area contributed by atoms with Gasteiger partial charge in [0.25, 0.3) is 5.56 Å². The maximum atomic E-state index is 11.4. The second-order valence-electron chi connectivity index (χ2n) is 3.32. The fraction of sp³-hybridized carbons (Fsp3) is 0.444. The molecular formula is C9H13BrN4O3. The van der Waals surface area contributed by atoms with Gasteiger partial charge in [-0.1, -0.05) is 0 Å². The van der Waals surface area contributed by atoms with E-state index in [2.05, 4.69) is 31.5 Å². The summed E-state index contributed by atoms with van der Waals surface area (Å²) in [6.45, 7) is 1.00. The van der Waals surface area contributed by atoms with E-state index in [1.54, 1.807) is 7.05 Å². The Kier molecular flexibility index (Phi) is 5.11. The third-order valence-corrected chi connectivity index (χ3v) is 2.54. The Morgan fingerprint density at radius 3 is 2.82 bits per heavy atom. The number of hydrogen-bond donors (Lipinski definition) is 3. The maximum Gasteiger partial charge on any atom is 0.328 e. The van der Waals surface area contributed by atoms with E-state index in [1.807, 2.05) is 0 Å². The standard InChI is InChI=1S/C9H13BrN4O3/c1-11-2-3-12-7(15)5-14-4-6(10)8(16)13-9(14)17/h4,11H,2-3,5H2,1H3,(H,12,15)(H,13,16,17). The molecule has 0 aromatic carbocycles. The molecule has 0 radical (unpaired) electrons. The van der Waals surface area contributed by atoms with Crippen LogP contribution in [0.15, 0.2) is 20.3 Å². The molecule has 94 valence electrons. The van der Waals surface area contributed by atoms with Crippen LogP contribution >= 0.6 is 15.9 Å². The first kappa shape index (κ1) is 13.7. The summed E-state index contributed by atoms with van der Waals surface area (Å²) in [5.74, 6) is -0.290. The van der Waals surface area contributed by atoms with Gasteiger partial charge < -0.3 is 10.6 Å². The van der Waals surface area contributed by atoms with Gasteiger partial charge in [0.15, 0.2) is 0 Å². The van der Waals surface area contributed by atoms with Gasteiger partial charge in [0.2, 0.25) is 5.91 Å². The molecule has 17 heavy (non-hydrogen) atoms. The van der Waals surface area contributed by atoms with Gasteiger partial charge in [-0.25, -0.2) is 4.79 Å². The van der Waals surface area contributed by atoms with E-state index in [9.17, 15) is 14.4 Å². The Balaban J connectivity index is 2.69.